The summed E-state index contributed by atoms with van der Waals surface area (Å²) in [6.07, 6.45) is -0.618. The number of nitrogens with zero attached hydrogens (tertiary/aromatic N) is 1. The smallest absolute Gasteiger partial charge is 0.326 e. The van der Waals surface area contributed by atoms with Crippen molar-refractivity contribution in [2.24, 2.45) is 0 Å². The molecule has 0 aliphatic carbocycles. The molecular formula is C10H18N2O4. The minimum absolute atomic E-state index is 0.105. The van der Waals surface area contributed by atoms with Gasteiger partial charge < -0.3 is 20.4 Å². The van der Waals surface area contributed by atoms with E-state index in [1.54, 1.807) is 0 Å². The van der Waals surface area contributed by atoms with Gasteiger partial charge in [-0.05, 0) is 0 Å². The number of carbonyl (C=O) groups is 2. The minimum Gasteiger partial charge on any atom is -0.480 e. The van der Waals surface area contributed by atoms with E-state index in [0.29, 0.717) is 0 Å². The van der Waals surface area contributed by atoms with Crippen molar-refractivity contribution in [2.45, 2.75) is 38.5 Å². The maximum atomic E-state index is 11.7. The van der Waals surface area contributed by atoms with Gasteiger partial charge in [-0.25, -0.2) is 4.79 Å². The topological polar surface area (TPSA) is 89.9 Å². The first-order chi connectivity index (χ1) is 7.41. The van der Waals surface area contributed by atoms with Gasteiger partial charge in [0.25, 0.3) is 0 Å². The summed E-state index contributed by atoms with van der Waals surface area (Å²) in [4.78, 5) is 23.8. The molecule has 1 unspecified atom stereocenters. The molecule has 3 N–H and O–H groups in total. The number of carboxylic acids is 1. The van der Waals surface area contributed by atoms with E-state index in [0.717, 1.165) is 0 Å². The first-order valence-corrected chi connectivity index (χ1v) is 5.35. The molecule has 1 fully saturated rings. The Labute approximate surface area is 94.2 Å². The maximum absolute atomic E-state index is 11.7. The summed E-state index contributed by atoms with van der Waals surface area (Å²) in [5.74, 6) is -1.34. The molecule has 1 rings (SSSR count). The highest BCUT2D eigenvalue weighted by Crippen LogP contribution is 2.17. The van der Waals surface area contributed by atoms with Crippen LogP contribution in [0.2, 0.25) is 0 Å². The molecule has 0 saturated carbocycles. The van der Waals surface area contributed by atoms with E-state index in [1.165, 1.54) is 4.90 Å². The number of aliphatic hydroxyl groups excluding tert-OH is 1. The average molecular weight is 230 g/mol. The fourth-order valence-electron chi connectivity index (χ4n) is 1.72. The summed E-state index contributed by atoms with van der Waals surface area (Å²) >= 11 is 0. The molecule has 0 aromatic rings. The van der Waals surface area contributed by atoms with Crippen molar-refractivity contribution in [3.63, 3.8) is 0 Å². The SMILES string of the molecule is CC(C)NCC(=O)N1CC(O)C[C@H]1C(=O)O. The third-order valence-electron chi connectivity index (χ3n) is 2.55. The molecule has 1 aliphatic heterocycles. The summed E-state index contributed by atoms with van der Waals surface area (Å²) in [5, 5.41) is 21.2. The zero-order valence-electron chi connectivity index (χ0n) is 9.51. The van der Waals surface area contributed by atoms with Crippen LogP contribution in [0, 0.1) is 0 Å². The number of amides is 1. The monoisotopic (exact) mass is 230 g/mol. The van der Waals surface area contributed by atoms with Crippen LogP contribution in [0.25, 0.3) is 0 Å². The summed E-state index contributed by atoms with van der Waals surface area (Å²) in [6, 6.07) is -0.726. The van der Waals surface area contributed by atoms with Gasteiger partial charge in [0.2, 0.25) is 5.91 Å². The lowest BCUT2D eigenvalue weighted by Crippen LogP contribution is -2.45. The fourth-order valence-corrected chi connectivity index (χ4v) is 1.72. The second-order valence-electron chi connectivity index (χ2n) is 4.33. The number of aliphatic hydroxyl groups is 1. The van der Waals surface area contributed by atoms with E-state index in [1.807, 2.05) is 13.8 Å². The molecule has 0 radical (unpaired) electrons. The third-order valence-corrected chi connectivity index (χ3v) is 2.55. The largest absolute Gasteiger partial charge is 0.480 e. The normalized spacial score (nSPS) is 25.1. The van der Waals surface area contributed by atoms with Crippen molar-refractivity contribution >= 4 is 11.9 Å². The number of nitrogens with one attached hydrogen (secondary N) is 1. The number of likely N-dealkylation sites (tertiary alicyclic amines) is 1. The Kier molecular flexibility index (Phi) is 4.26. The summed E-state index contributed by atoms with van der Waals surface area (Å²) in [7, 11) is 0. The quantitative estimate of drug-likeness (QED) is 0.578. The van der Waals surface area contributed by atoms with Crippen molar-refractivity contribution < 1.29 is 19.8 Å². The second kappa shape index (κ2) is 5.27. The molecule has 0 spiro atoms. The molecule has 92 valence electrons. The molecule has 2 atom stereocenters. The van der Waals surface area contributed by atoms with Gasteiger partial charge in [0, 0.05) is 19.0 Å². The molecule has 1 heterocycles. The third kappa shape index (κ3) is 3.18. The number of aliphatic carboxylic acids is 1. The van der Waals surface area contributed by atoms with Crippen LogP contribution in [0.3, 0.4) is 0 Å². The molecule has 1 amide bonds. The Morgan fingerprint density at radius 2 is 2.12 bits per heavy atom. The Morgan fingerprint density at radius 1 is 1.50 bits per heavy atom. The van der Waals surface area contributed by atoms with E-state index >= 15 is 0 Å². The number of carboxylic acid groups (broad SMARTS) is 1. The fraction of sp³-hybridized carbons (Fsp3) is 0.800. The predicted octanol–water partition coefficient (Wildman–Crippen LogP) is -0.969. The van der Waals surface area contributed by atoms with E-state index in [9.17, 15) is 14.7 Å². The highest BCUT2D eigenvalue weighted by Gasteiger charge is 2.38. The van der Waals surface area contributed by atoms with Gasteiger partial charge in [-0.3, -0.25) is 4.79 Å². The van der Waals surface area contributed by atoms with Crippen LogP contribution in [0.5, 0.6) is 0 Å². The van der Waals surface area contributed by atoms with E-state index < -0.39 is 18.1 Å². The lowest BCUT2D eigenvalue weighted by molar-refractivity contribution is -0.147. The first kappa shape index (κ1) is 12.9. The minimum atomic E-state index is -1.06. The van der Waals surface area contributed by atoms with Crippen molar-refractivity contribution in [3.8, 4) is 0 Å². The standard InChI is InChI=1S/C10H18N2O4/c1-6(2)11-4-9(14)12-5-7(13)3-8(12)10(15)16/h6-8,11,13H,3-5H2,1-2H3,(H,15,16)/t7?,8-/m0/s1. The van der Waals surface area contributed by atoms with Crippen molar-refractivity contribution in [1.82, 2.24) is 10.2 Å². The van der Waals surface area contributed by atoms with Gasteiger partial charge in [-0.15, -0.1) is 0 Å². The van der Waals surface area contributed by atoms with Crippen LogP contribution in [0.15, 0.2) is 0 Å². The lowest BCUT2D eigenvalue weighted by Gasteiger charge is -2.21. The maximum Gasteiger partial charge on any atom is 0.326 e. The first-order valence-electron chi connectivity index (χ1n) is 5.35. The summed E-state index contributed by atoms with van der Waals surface area (Å²) < 4.78 is 0. The van der Waals surface area contributed by atoms with Gasteiger partial charge in [-0.2, -0.15) is 0 Å². The Bertz CT molecular complexity index is 280. The number of carbonyl (C=O) groups excluding carboxylic acids is 1. The summed E-state index contributed by atoms with van der Waals surface area (Å²) in [5.41, 5.74) is 0. The van der Waals surface area contributed by atoms with E-state index in [-0.39, 0.29) is 31.5 Å². The zero-order valence-corrected chi connectivity index (χ0v) is 9.51. The number of β-amino-alcohol motifs (C(OH)–C–C–N with tert-alkyl or cyclic N) is 1. The highest BCUT2D eigenvalue weighted by atomic mass is 16.4. The van der Waals surface area contributed by atoms with Gasteiger partial charge >= 0.3 is 5.97 Å². The van der Waals surface area contributed by atoms with Crippen molar-refractivity contribution in [2.75, 3.05) is 13.1 Å². The van der Waals surface area contributed by atoms with Gasteiger partial charge in [0.15, 0.2) is 0 Å². The van der Waals surface area contributed by atoms with E-state index in [2.05, 4.69) is 5.32 Å². The molecule has 1 saturated heterocycles. The lowest BCUT2D eigenvalue weighted by atomic mass is 10.2. The Hall–Kier alpha value is -1.14. The van der Waals surface area contributed by atoms with Crippen LogP contribution in [0.4, 0.5) is 0 Å². The number of rotatable bonds is 4. The molecule has 0 bridgehead atoms. The number of hydrogen-bond donors (Lipinski definition) is 3. The molecule has 6 heteroatoms. The Balaban J connectivity index is 2.56. The van der Waals surface area contributed by atoms with Gasteiger partial charge in [0.05, 0.1) is 12.6 Å². The number of hydrogen-bond acceptors (Lipinski definition) is 4. The van der Waals surface area contributed by atoms with Crippen LogP contribution in [0.1, 0.15) is 20.3 Å². The van der Waals surface area contributed by atoms with E-state index in [4.69, 9.17) is 5.11 Å². The predicted molar refractivity (Wildman–Crippen MR) is 56.9 cm³/mol. The molecule has 0 aromatic heterocycles. The van der Waals surface area contributed by atoms with Gasteiger partial charge in [0.1, 0.15) is 6.04 Å². The molecule has 1 aliphatic rings. The summed E-state index contributed by atoms with van der Waals surface area (Å²) in [6.45, 7) is 4.02. The average Bonchev–Trinajstić information content (AvgIpc) is 2.56. The zero-order chi connectivity index (χ0) is 12.3. The van der Waals surface area contributed by atoms with Crippen LogP contribution < -0.4 is 5.32 Å². The van der Waals surface area contributed by atoms with Crippen LogP contribution in [-0.2, 0) is 9.59 Å². The Morgan fingerprint density at radius 3 is 2.62 bits per heavy atom. The molecular weight excluding hydrogens is 212 g/mol. The van der Waals surface area contributed by atoms with Crippen molar-refractivity contribution in [1.29, 1.82) is 0 Å². The highest BCUT2D eigenvalue weighted by molar-refractivity contribution is 5.85. The van der Waals surface area contributed by atoms with Crippen LogP contribution >= 0.6 is 0 Å². The molecule has 16 heavy (non-hydrogen) atoms. The second-order valence-corrected chi connectivity index (χ2v) is 4.33. The van der Waals surface area contributed by atoms with Crippen LogP contribution in [-0.4, -0.2) is 58.3 Å². The van der Waals surface area contributed by atoms with Gasteiger partial charge in [-0.1, -0.05) is 13.8 Å². The molecule has 0 aromatic carbocycles. The van der Waals surface area contributed by atoms with Crippen molar-refractivity contribution in [3.05, 3.63) is 0 Å². The molecule has 6 nitrogen and oxygen atoms in total.